The smallest absolute Gasteiger partial charge is 0.224 e. The first kappa shape index (κ1) is 18.4. The van der Waals surface area contributed by atoms with Crippen molar-refractivity contribution in [3.05, 3.63) is 63.9 Å². The van der Waals surface area contributed by atoms with Crippen LogP contribution in [0.1, 0.15) is 17.8 Å². The van der Waals surface area contributed by atoms with Crippen molar-refractivity contribution in [3.63, 3.8) is 0 Å². The van der Waals surface area contributed by atoms with E-state index in [0.29, 0.717) is 24.5 Å². The maximum Gasteiger partial charge on any atom is 0.224 e. The van der Waals surface area contributed by atoms with Crippen molar-refractivity contribution >= 4 is 34.5 Å². The van der Waals surface area contributed by atoms with Crippen molar-refractivity contribution < 1.29 is 9.53 Å². The maximum absolute atomic E-state index is 12.0. The molecule has 1 amide bonds. The van der Waals surface area contributed by atoms with Gasteiger partial charge in [0.1, 0.15) is 5.75 Å². The summed E-state index contributed by atoms with van der Waals surface area (Å²) in [4.78, 5) is 16.5. The van der Waals surface area contributed by atoms with Crippen LogP contribution in [0.5, 0.6) is 5.75 Å². The lowest BCUT2D eigenvalue weighted by Gasteiger charge is -2.08. The molecule has 0 aliphatic heterocycles. The molecule has 4 nitrogen and oxygen atoms in total. The van der Waals surface area contributed by atoms with E-state index in [9.17, 15) is 4.79 Å². The Bertz CT molecular complexity index is 860. The molecule has 0 aliphatic carbocycles. The van der Waals surface area contributed by atoms with Crippen molar-refractivity contribution in [2.45, 2.75) is 19.8 Å². The van der Waals surface area contributed by atoms with E-state index in [2.05, 4.69) is 10.3 Å². The third-order valence-corrected chi connectivity index (χ3v) is 4.74. The van der Waals surface area contributed by atoms with Crippen LogP contribution in [0.15, 0.2) is 53.9 Å². The highest BCUT2D eigenvalue weighted by molar-refractivity contribution is 7.09. The summed E-state index contributed by atoms with van der Waals surface area (Å²) in [6, 6.07) is 14.9. The van der Waals surface area contributed by atoms with Gasteiger partial charge in [-0.15, -0.1) is 11.3 Å². The molecule has 0 radical (unpaired) electrons. The summed E-state index contributed by atoms with van der Waals surface area (Å²) in [6.07, 6.45) is 1.05. The highest BCUT2D eigenvalue weighted by atomic mass is 35.5. The Kier molecular flexibility index (Phi) is 6.26. The van der Waals surface area contributed by atoms with Gasteiger partial charge in [0.15, 0.2) is 0 Å². The van der Waals surface area contributed by atoms with Gasteiger partial charge < -0.3 is 10.1 Å². The van der Waals surface area contributed by atoms with Gasteiger partial charge in [0.25, 0.3) is 0 Å². The van der Waals surface area contributed by atoms with Crippen molar-refractivity contribution in [2.75, 3.05) is 11.9 Å². The zero-order valence-electron chi connectivity index (χ0n) is 14.4. The summed E-state index contributed by atoms with van der Waals surface area (Å²) < 4.78 is 5.58. The fourth-order valence-corrected chi connectivity index (χ4v) is 3.15. The second-order valence-corrected chi connectivity index (χ2v) is 7.28. The maximum atomic E-state index is 12.0. The Balaban J connectivity index is 1.42. The number of carbonyl (C=O) groups is 1. The fourth-order valence-electron chi connectivity index (χ4n) is 2.40. The van der Waals surface area contributed by atoms with E-state index in [0.717, 1.165) is 27.7 Å². The number of amides is 1. The SMILES string of the molecule is Cc1nc(-c2ccc(NC(=O)CCCOc3ccc(Cl)cc3)cc2)cs1. The van der Waals surface area contributed by atoms with Crippen LogP contribution in [-0.4, -0.2) is 17.5 Å². The molecule has 3 aromatic rings. The molecular formula is C20H19ClN2O2S. The van der Waals surface area contributed by atoms with Crippen LogP contribution < -0.4 is 10.1 Å². The molecular weight excluding hydrogens is 368 g/mol. The normalized spacial score (nSPS) is 10.5. The lowest BCUT2D eigenvalue weighted by atomic mass is 10.1. The van der Waals surface area contributed by atoms with Gasteiger partial charge in [0.2, 0.25) is 5.91 Å². The summed E-state index contributed by atoms with van der Waals surface area (Å²) in [5, 5.41) is 6.65. The number of carbonyl (C=O) groups excluding carboxylic acids is 1. The number of benzene rings is 2. The Hall–Kier alpha value is -2.37. The van der Waals surface area contributed by atoms with Gasteiger partial charge >= 0.3 is 0 Å². The summed E-state index contributed by atoms with van der Waals surface area (Å²) in [7, 11) is 0. The molecule has 0 unspecified atom stereocenters. The average molecular weight is 387 g/mol. The highest BCUT2D eigenvalue weighted by Gasteiger charge is 2.05. The zero-order valence-corrected chi connectivity index (χ0v) is 15.9. The molecule has 6 heteroatoms. The molecule has 26 heavy (non-hydrogen) atoms. The molecule has 0 saturated heterocycles. The van der Waals surface area contributed by atoms with Crippen molar-refractivity contribution in [2.24, 2.45) is 0 Å². The Morgan fingerprint density at radius 2 is 1.88 bits per heavy atom. The van der Waals surface area contributed by atoms with E-state index in [1.165, 1.54) is 0 Å². The first-order valence-corrected chi connectivity index (χ1v) is 9.57. The van der Waals surface area contributed by atoms with Crippen LogP contribution in [0.3, 0.4) is 0 Å². The molecule has 2 aromatic carbocycles. The number of halogens is 1. The topological polar surface area (TPSA) is 51.2 Å². The number of nitrogens with zero attached hydrogens (tertiary/aromatic N) is 1. The van der Waals surface area contributed by atoms with Crippen LogP contribution in [0.2, 0.25) is 5.02 Å². The number of rotatable bonds is 7. The van der Waals surface area contributed by atoms with Gasteiger partial charge in [-0.2, -0.15) is 0 Å². The van der Waals surface area contributed by atoms with E-state index in [1.807, 2.05) is 48.7 Å². The van der Waals surface area contributed by atoms with Crippen LogP contribution in [0.4, 0.5) is 5.69 Å². The average Bonchev–Trinajstić information content (AvgIpc) is 3.07. The monoisotopic (exact) mass is 386 g/mol. The molecule has 1 heterocycles. The molecule has 0 saturated carbocycles. The van der Waals surface area contributed by atoms with E-state index < -0.39 is 0 Å². The largest absolute Gasteiger partial charge is 0.494 e. The van der Waals surface area contributed by atoms with Gasteiger partial charge in [-0.05, 0) is 49.7 Å². The number of ether oxygens (including phenoxy) is 1. The lowest BCUT2D eigenvalue weighted by Crippen LogP contribution is -2.12. The Morgan fingerprint density at radius 1 is 1.15 bits per heavy atom. The molecule has 1 N–H and O–H groups in total. The van der Waals surface area contributed by atoms with E-state index in [4.69, 9.17) is 16.3 Å². The second-order valence-electron chi connectivity index (χ2n) is 5.78. The number of thiazole rings is 1. The van der Waals surface area contributed by atoms with E-state index in [1.54, 1.807) is 23.5 Å². The van der Waals surface area contributed by atoms with Crippen LogP contribution >= 0.6 is 22.9 Å². The third kappa shape index (κ3) is 5.31. The van der Waals surface area contributed by atoms with Crippen LogP contribution in [-0.2, 0) is 4.79 Å². The minimum absolute atomic E-state index is 0.0260. The second kappa shape index (κ2) is 8.83. The highest BCUT2D eigenvalue weighted by Crippen LogP contribution is 2.23. The predicted molar refractivity (Wildman–Crippen MR) is 107 cm³/mol. The number of anilines is 1. The Morgan fingerprint density at radius 3 is 2.54 bits per heavy atom. The molecule has 0 spiro atoms. The quantitative estimate of drug-likeness (QED) is 0.540. The molecule has 3 rings (SSSR count). The molecule has 1 aromatic heterocycles. The standard InChI is InChI=1S/C20H19ClN2O2S/c1-14-22-19(13-26-14)15-4-8-17(9-5-15)23-20(24)3-2-12-25-18-10-6-16(21)7-11-18/h4-11,13H,2-3,12H2,1H3,(H,23,24). The summed E-state index contributed by atoms with van der Waals surface area (Å²) >= 11 is 7.45. The van der Waals surface area contributed by atoms with Gasteiger partial charge in [-0.1, -0.05) is 23.7 Å². The summed E-state index contributed by atoms with van der Waals surface area (Å²) in [5.74, 6) is 0.727. The fraction of sp³-hybridized carbons (Fsp3) is 0.200. The minimum atomic E-state index is -0.0260. The number of nitrogens with one attached hydrogen (secondary N) is 1. The van der Waals surface area contributed by atoms with Crippen molar-refractivity contribution in [1.29, 1.82) is 0 Å². The third-order valence-electron chi connectivity index (χ3n) is 3.71. The number of aromatic nitrogens is 1. The predicted octanol–water partition coefficient (Wildman–Crippen LogP) is 5.57. The first-order chi connectivity index (χ1) is 12.6. The Labute approximate surface area is 161 Å². The van der Waals surface area contributed by atoms with Gasteiger partial charge in [0.05, 0.1) is 17.3 Å². The minimum Gasteiger partial charge on any atom is -0.494 e. The van der Waals surface area contributed by atoms with Crippen molar-refractivity contribution in [3.8, 4) is 17.0 Å². The number of hydrogen-bond donors (Lipinski definition) is 1. The van der Waals surface area contributed by atoms with Gasteiger partial charge in [-0.25, -0.2) is 4.98 Å². The summed E-state index contributed by atoms with van der Waals surface area (Å²) in [6.45, 7) is 2.47. The first-order valence-electron chi connectivity index (χ1n) is 8.31. The molecule has 134 valence electrons. The van der Waals surface area contributed by atoms with Crippen LogP contribution in [0, 0.1) is 6.92 Å². The van der Waals surface area contributed by atoms with Crippen LogP contribution in [0.25, 0.3) is 11.3 Å². The molecule has 0 aliphatic rings. The molecule has 0 atom stereocenters. The van der Waals surface area contributed by atoms with Crippen molar-refractivity contribution in [1.82, 2.24) is 4.98 Å². The number of hydrogen-bond acceptors (Lipinski definition) is 4. The molecule has 0 bridgehead atoms. The van der Waals surface area contributed by atoms with E-state index >= 15 is 0 Å². The zero-order chi connectivity index (χ0) is 18.4. The lowest BCUT2D eigenvalue weighted by molar-refractivity contribution is -0.116. The van der Waals surface area contributed by atoms with Gasteiger partial charge in [0, 0.05) is 28.1 Å². The van der Waals surface area contributed by atoms with Gasteiger partial charge in [-0.3, -0.25) is 4.79 Å². The van der Waals surface area contributed by atoms with E-state index in [-0.39, 0.29) is 5.91 Å². The molecule has 0 fully saturated rings. The summed E-state index contributed by atoms with van der Waals surface area (Å²) in [5.41, 5.74) is 2.79. The number of aryl methyl sites for hydroxylation is 1.